The molecule has 2 atom stereocenters. The van der Waals surface area contributed by atoms with Crippen LogP contribution in [0, 0.1) is 0 Å². The normalized spacial score (nSPS) is 12.8. The molecule has 1 amide bonds. The Kier molecular flexibility index (Phi) is 41.3. The third-order valence-corrected chi connectivity index (χ3v) is 10.9. The third kappa shape index (κ3) is 38.5. The summed E-state index contributed by atoms with van der Waals surface area (Å²) < 4.78 is 0. The number of aliphatic hydroxyl groups is 2. The zero-order valence-electron chi connectivity index (χ0n) is 33.7. The zero-order valence-corrected chi connectivity index (χ0v) is 33.7. The molecule has 0 spiro atoms. The van der Waals surface area contributed by atoms with Crippen molar-refractivity contribution in [1.29, 1.82) is 0 Å². The smallest absolute Gasteiger partial charge is 0.220 e. The van der Waals surface area contributed by atoms with Gasteiger partial charge in [0.1, 0.15) is 0 Å². The maximum Gasteiger partial charge on any atom is 0.220 e. The van der Waals surface area contributed by atoms with Gasteiger partial charge in [-0.2, -0.15) is 0 Å². The van der Waals surface area contributed by atoms with Crippen LogP contribution in [0.1, 0.15) is 264 Å². The van der Waals surface area contributed by atoms with Gasteiger partial charge in [-0.25, -0.2) is 0 Å². The van der Waals surface area contributed by atoms with Crippen LogP contribution < -0.4 is 5.32 Å². The van der Waals surface area contributed by atoms with E-state index >= 15 is 0 Å². The van der Waals surface area contributed by atoms with Crippen LogP contribution in [0.4, 0.5) is 0 Å². The predicted molar refractivity (Wildman–Crippen MR) is 216 cm³/mol. The van der Waals surface area contributed by atoms with Crippen molar-refractivity contribution >= 4 is 5.91 Å². The van der Waals surface area contributed by atoms with E-state index in [1.165, 1.54) is 212 Å². The summed E-state index contributed by atoms with van der Waals surface area (Å²) in [5, 5.41) is 23.0. The molecule has 2 unspecified atom stereocenters. The van der Waals surface area contributed by atoms with E-state index in [1.807, 2.05) is 0 Å². The van der Waals surface area contributed by atoms with Gasteiger partial charge in [-0.1, -0.05) is 245 Å². The highest BCUT2D eigenvalue weighted by Gasteiger charge is 2.20. The van der Waals surface area contributed by atoms with E-state index in [1.54, 1.807) is 0 Å². The lowest BCUT2D eigenvalue weighted by Gasteiger charge is -2.22. The van der Waals surface area contributed by atoms with Gasteiger partial charge in [0.05, 0.1) is 18.8 Å². The summed E-state index contributed by atoms with van der Waals surface area (Å²) in [7, 11) is 0. The first-order valence-corrected chi connectivity index (χ1v) is 22.7. The van der Waals surface area contributed by atoms with E-state index in [9.17, 15) is 15.0 Å². The Labute approximate surface area is 308 Å². The monoisotopic (exact) mass is 694 g/mol. The van der Waals surface area contributed by atoms with Crippen molar-refractivity contribution in [2.45, 2.75) is 276 Å². The Balaban J connectivity index is 3.30. The Morgan fingerprint density at radius 1 is 0.408 bits per heavy atom. The first kappa shape index (κ1) is 48.4. The third-order valence-electron chi connectivity index (χ3n) is 10.9. The summed E-state index contributed by atoms with van der Waals surface area (Å²) in [5.74, 6) is -0.0375. The molecule has 0 aromatic rings. The lowest BCUT2D eigenvalue weighted by Crippen LogP contribution is -2.45. The van der Waals surface area contributed by atoms with Crippen molar-refractivity contribution in [2.75, 3.05) is 6.61 Å². The molecule has 0 saturated carbocycles. The molecule has 0 heterocycles. The molecule has 4 nitrogen and oxygen atoms in total. The van der Waals surface area contributed by atoms with E-state index in [4.69, 9.17) is 0 Å². The van der Waals surface area contributed by atoms with E-state index in [-0.39, 0.29) is 12.5 Å². The van der Waals surface area contributed by atoms with Crippen LogP contribution in [-0.4, -0.2) is 34.9 Å². The molecule has 0 fully saturated rings. The van der Waals surface area contributed by atoms with Gasteiger partial charge in [-0.3, -0.25) is 4.79 Å². The van der Waals surface area contributed by atoms with Crippen molar-refractivity contribution in [3.05, 3.63) is 0 Å². The van der Waals surface area contributed by atoms with Gasteiger partial charge in [0.15, 0.2) is 0 Å². The van der Waals surface area contributed by atoms with Gasteiger partial charge in [0.2, 0.25) is 5.91 Å². The minimum atomic E-state index is -0.651. The lowest BCUT2D eigenvalue weighted by molar-refractivity contribution is -0.123. The standard InChI is InChI=1S/C45H91NO3/c1-3-5-7-9-11-12-13-14-15-16-17-18-19-20-21-22-23-24-25-26-27-28-29-30-31-32-33-34-35-36-38-40-44(48)43(42-47)46-45(49)41-39-37-10-8-6-4-2/h43-44,47-48H,3-42H2,1-2H3,(H,46,49). The van der Waals surface area contributed by atoms with Crippen LogP contribution in [0.5, 0.6) is 0 Å². The highest BCUT2D eigenvalue weighted by atomic mass is 16.3. The van der Waals surface area contributed by atoms with Gasteiger partial charge in [-0.05, 0) is 12.8 Å². The molecule has 0 aliphatic rings. The second-order valence-corrected chi connectivity index (χ2v) is 15.8. The second kappa shape index (κ2) is 41.8. The highest BCUT2D eigenvalue weighted by Crippen LogP contribution is 2.17. The molecule has 0 bridgehead atoms. The molecule has 294 valence electrons. The van der Waals surface area contributed by atoms with Crippen LogP contribution in [-0.2, 0) is 4.79 Å². The summed E-state index contributed by atoms with van der Waals surface area (Å²) in [6.45, 7) is 4.32. The highest BCUT2D eigenvalue weighted by molar-refractivity contribution is 5.76. The summed E-state index contributed by atoms with van der Waals surface area (Å²) in [5.41, 5.74) is 0. The summed E-state index contributed by atoms with van der Waals surface area (Å²) >= 11 is 0. The largest absolute Gasteiger partial charge is 0.394 e. The molecular weight excluding hydrogens is 602 g/mol. The Hall–Kier alpha value is -0.610. The minimum Gasteiger partial charge on any atom is -0.394 e. The molecule has 0 aliphatic carbocycles. The summed E-state index contributed by atoms with van der Waals surface area (Å²) in [6, 6.07) is -0.527. The topological polar surface area (TPSA) is 69.6 Å². The average molecular weight is 694 g/mol. The number of carbonyl (C=O) groups excluding carboxylic acids is 1. The van der Waals surface area contributed by atoms with E-state index < -0.39 is 12.1 Å². The van der Waals surface area contributed by atoms with Crippen molar-refractivity contribution < 1.29 is 15.0 Å². The molecule has 0 saturated heterocycles. The number of rotatable bonds is 42. The van der Waals surface area contributed by atoms with E-state index in [0.29, 0.717) is 12.8 Å². The van der Waals surface area contributed by atoms with E-state index in [0.717, 1.165) is 25.7 Å². The predicted octanol–water partition coefficient (Wildman–Crippen LogP) is 14.1. The molecule has 0 aromatic carbocycles. The quantitative estimate of drug-likeness (QED) is 0.0557. The number of amides is 1. The summed E-state index contributed by atoms with van der Waals surface area (Å²) in [6.07, 6.45) is 50.9. The number of aliphatic hydroxyl groups excluding tert-OH is 2. The van der Waals surface area contributed by atoms with Crippen LogP contribution >= 0.6 is 0 Å². The van der Waals surface area contributed by atoms with Crippen LogP contribution in [0.2, 0.25) is 0 Å². The number of hydrogen-bond donors (Lipinski definition) is 3. The van der Waals surface area contributed by atoms with Crippen LogP contribution in [0.15, 0.2) is 0 Å². The molecule has 0 rings (SSSR count). The molecule has 0 radical (unpaired) electrons. The molecular formula is C45H91NO3. The number of carbonyl (C=O) groups is 1. The minimum absolute atomic E-state index is 0.0375. The Morgan fingerprint density at radius 3 is 0.918 bits per heavy atom. The SMILES string of the molecule is CCCCCCCCCCCCCCCCCCCCCCCCCCCCCCCCCC(O)C(CO)NC(=O)CCCCCCCC. The molecule has 0 aliphatic heterocycles. The zero-order chi connectivity index (χ0) is 35.7. The summed E-state index contributed by atoms with van der Waals surface area (Å²) in [4.78, 5) is 12.2. The average Bonchev–Trinajstić information content (AvgIpc) is 3.11. The molecule has 49 heavy (non-hydrogen) atoms. The van der Waals surface area contributed by atoms with Crippen LogP contribution in [0.3, 0.4) is 0 Å². The van der Waals surface area contributed by atoms with Gasteiger partial charge < -0.3 is 15.5 Å². The van der Waals surface area contributed by atoms with Gasteiger partial charge >= 0.3 is 0 Å². The van der Waals surface area contributed by atoms with Gasteiger partial charge in [0.25, 0.3) is 0 Å². The molecule has 0 aromatic heterocycles. The van der Waals surface area contributed by atoms with Gasteiger partial charge in [-0.15, -0.1) is 0 Å². The Bertz CT molecular complexity index is 626. The van der Waals surface area contributed by atoms with Crippen molar-refractivity contribution in [3.63, 3.8) is 0 Å². The first-order valence-electron chi connectivity index (χ1n) is 22.7. The fourth-order valence-electron chi connectivity index (χ4n) is 7.36. The number of unbranched alkanes of at least 4 members (excludes halogenated alkanes) is 35. The maximum absolute atomic E-state index is 12.2. The van der Waals surface area contributed by atoms with Gasteiger partial charge in [0, 0.05) is 6.42 Å². The molecule has 4 heteroatoms. The molecule has 3 N–H and O–H groups in total. The van der Waals surface area contributed by atoms with Crippen molar-refractivity contribution in [1.82, 2.24) is 5.32 Å². The lowest BCUT2D eigenvalue weighted by atomic mass is 10.0. The van der Waals surface area contributed by atoms with Crippen molar-refractivity contribution in [2.24, 2.45) is 0 Å². The maximum atomic E-state index is 12.2. The first-order chi connectivity index (χ1) is 24.2. The fourth-order valence-corrected chi connectivity index (χ4v) is 7.36. The van der Waals surface area contributed by atoms with E-state index in [2.05, 4.69) is 19.2 Å². The number of hydrogen-bond acceptors (Lipinski definition) is 3. The van der Waals surface area contributed by atoms with Crippen molar-refractivity contribution in [3.8, 4) is 0 Å². The van der Waals surface area contributed by atoms with Crippen LogP contribution in [0.25, 0.3) is 0 Å². The number of nitrogens with one attached hydrogen (secondary N) is 1. The second-order valence-electron chi connectivity index (χ2n) is 15.8. The fraction of sp³-hybridized carbons (Fsp3) is 0.978. The Morgan fingerprint density at radius 2 is 0.653 bits per heavy atom.